The first-order chi connectivity index (χ1) is 10.6. The van der Waals surface area contributed by atoms with Gasteiger partial charge >= 0.3 is 0 Å². The topological polar surface area (TPSA) is 59.6 Å². The SMILES string of the molecule is CCNCCNC(=O)c1ccc(OCCC(C)C)c(OC)c1.Cl. The molecule has 0 saturated heterocycles. The van der Waals surface area contributed by atoms with Crippen molar-refractivity contribution in [3.8, 4) is 11.5 Å². The number of likely N-dealkylation sites (N-methyl/N-ethyl adjacent to an activating group) is 1. The van der Waals surface area contributed by atoms with Gasteiger partial charge in [0.05, 0.1) is 13.7 Å². The Morgan fingerprint density at radius 1 is 1.22 bits per heavy atom. The highest BCUT2D eigenvalue weighted by molar-refractivity contribution is 5.94. The van der Waals surface area contributed by atoms with Crippen molar-refractivity contribution in [2.75, 3.05) is 33.4 Å². The van der Waals surface area contributed by atoms with Gasteiger partial charge in [-0.2, -0.15) is 0 Å². The van der Waals surface area contributed by atoms with Crippen LogP contribution in [0.2, 0.25) is 0 Å². The maximum atomic E-state index is 12.1. The zero-order valence-corrected chi connectivity index (χ0v) is 15.3. The first kappa shape index (κ1) is 21.5. The summed E-state index contributed by atoms with van der Waals surface area (Å²) < 4.78 is 11.0. The molecule has 2 N–H and O–H groups in total. The molecule has 0 aliphatic heterocycles. The van der Waals surface area contributed by atoms with Crippen LogP contribution in [0, 0.1) is 5.92 Å². The molecule has 1 rings (SSSR count). The van der Waals surface area contributed by atoms with Gasteiger partial charge in [-0.1, -0.05) is 20.8 Å². The molecule has 0 radical (unpaired) electrons. The molecule has 6 heteroatoms. The second kappa shape index (κ2) is 12.0. The van der Waals surface area contributed by atoms with E-state index in [0.717, 1.165) is 19.5 Å². The molecule has 0 fully saturated rings. The van der Waals surface area contributed by atoms with E-state index in [1.54, 1.807) is 25.3 Å². The number of rotatable bonds is 10. The van der Waals surface area contributed by atoms with Crippen LogP contribution in [0.5, 0.6) is 11.5 Å². The van der Waals surface area contributed by atoms with Crippen LogP contribution in [0.25, 0.3) is 0 Å². The van der Waals surface area contributed by atoms with E-state index in [0.29, 0.717) is 36.1 Å². The van der Waals surface area contributed by atoms with Gasteiger partial charge < -0.3 is 20.1 Å². The van der Waals surface area contributed by atoms with Gasteiger partial charge in [0.2, 0.25) is 0 Å². The molecular formula is C17H29ClN2O3. The number of methoxy groups -OCH3 is 1. The minimum absolute atomic E-state index is 0. The van der Waals surface area contributed by atoms with Gasteiger partial charge in [-0.3, -0.25) is 4.79 Å². The first-order valence-corrected chi connectivity index (χ1v) is 7.88. The maximum Gasteiger partial charge on any atom is 0.251 e. The summed E-state index contributed by atoms with van der Waals surface area (Å²) in [6.07, 6.45) is 0.982. The van der Waals surface area contributed by atoms with Crippen LogP contribution in [0.15, 0.2) is 18.2 Å². The van der Waals surface area contributed by atoms with E-state index in [1.807, 2.05) is 6.92 Å². The Hall–Kier alpha value is -1.46. The molecule has 0 heterocycles. The molecule has 0 atom stereocenters. The lowest BCUT2D eigenvalue weighted by Crippen LogP contribution is -2.31. The number of halogens is 1. The van der Waals surface area contributed by atoms with Crippen LogP contribution in [0.3, 0.4) is 0 Å². The summed E-state index contributed by atoms with van der Waals surface area (Å²) in [7, 11) is 1.58. The normalized spacial score (nSPS) is 10.1. The van der Waals surface area contributed by atoms with Crippen molar-refractivity contribution in [2.45, 2.75) is 27.2 Å². The molecule has 0 bridgehead atoms. The second-order valence-corrected chi connectivity index (χ2v) is 5.51. The number of hydrogen-bond donors (Lipinski definition) is 2. The van der Waals surface area contributed by atoms with E-state index < -0.39 is 0 Å². The van der Waals surface area contributed by atoms with Gasteiger partial charge in [-0.25, -0.2) is 0 Å². The minimum Gasteiger partial charge on any atom is -0.493 e. The van der Waals surface area contributed by atoms with E-state index in [-0.39, 0.29) is 18.3 Å². The van der Waals surface area contributed by atoms with E-state index in [4.69, 9.17) is 9.47 Å². The van der Waals surface area contributed by atoms with Crippen LogP contribution in [-0.4, -0.2) is 39.3 Å². The van der Waals surface area contributed by atoms with E-state index in [9.17, 15) is 4.79 Å². The highest BCUT2D eigenvalue weighted by atomic mass is 35.5. The van der Waals surface area contributed by atoms with Crippen LogP contribution in [0.1, 0.15) is 37.6 Å². The monoisotopic (exact) mass is 344 g/mol. The first-order valence-electron chi connectivity index (χ1n) is 7.88. The molecule has 0 unspecified atom stereocenters. The average Bonchev–Trinajstić information content (AvgIpc) is 2.51. The van der Waals surface area contributed by atoms with E-state index in [2.05, 4.69) is 24.5 Å². The van der Waals surface area contributed by atoms with Gasteiger partial charge in [0.15, 0.2) is 11.5 Å². The number of amides is 1. The third-order valence-electron chi connectivity index (χ3n) is 3.22. The molecule has 0 saturated carbocycles. The standard InChI is InChI=1S/C17H28N2O3.ClH/c1-5-18-9-10-19-17(20)14-6-7-15(16(12-14)21-4)22-11-8-13(2)3;/h6-7,12-13,18H,5,8-11H2,1-4H3,(H,19,20);1H. The third-order valence-corrected chi connectivity index (χ3v) is 3.22. The predicted octanol–water partition coefficient (Wildman–Crippen LogP) is 2.88. The Balaban J connectivity index is 0.00000484. The van der Waals surface area contributed by atoms with Crippen molar-refractivity contribution in [3.63, 3.8) is 0 Å². The Bertz CT molecular complexity index is 467. The predicted molar refractivity (Wildman–Crippen MR) is 96.1 cm³/mol. The lowest BCUT2D eigenvalue weighted by Gasteiger charge is -2.13. The summed E-state index contributed by atoms with van der Waals surface area (Å²) in [4.78, 5) is 12.1. The molecule has 5 nitrogen and oxygen atoms in total. The Kier molecular flexibility index (Phi) is 11.3. The summed E-state index contributed by atoms with van der Waals surface area (Å²) in [5.74, 6) is 1.74. The van der Waals surface area contributed by atoms with Gasteiger partial charge in [0, 0.05) is 18.7 Å². The number of carbonyl (C=O) groups excluding carboxylic acids is 1. The van der Waals surface area contributed by atoms with Crippen molar-refractivity contribution < 1.29 is 14.3 Å². The lowest BCUT2D eigenvalue weighted by atomic mass is 10.1. The third kappa shape index (κ3) is 8.09. The Morgan fingerprint density at radius 3 is 2.57 bits per heavy atom. The maximum absolute atomic E-state index is 12.1. The zero-order chi connectivity index (χ0) is 16.4. The van der Waals surface area contributed by atoms with Crippen molar-refractivity contribution in [2.24, 2.45) is 5.92 Å². The Morgan fingerprint density at radius 2 is 1.96 bits per heavy atom. The molecular weight excluding hydrogens is 316 g/mol. The number of ether oxygens (including phenoxy) is 2. The molecule has 23 heavy (non-hydrogen) atoms. The van der Waals surface area contributed by atoms with Crippen LogP contribution >= 0.6 is 12.4 Å². The summed E-state index contributed by atoms with van der Waals surface area (Å²) in [6, 6.07) is 5.27. The number of carbonyl (C=O) groups is 1. The molecule has 0 aliphatic carbocycles. The number of hydrogen-bond acceptors (Lipinski definition) is 4. The molecule has 132 valence electrons. The second-order valence-electron chi connectivity index (χ2n) is 5.51. The summed E-state index contributed by atoms with van der Waals surface area (Å²) >= 11 is 0. The average molecular weight is 345 g/mol. The van der Waals surface area contributed by atoms with E-state index in [1.165, 1.54) is 0 Å². The van der Waals surface area contributed by atoms with Crippen molar-refractivity contribution in [1.82, 2.24) is 10.6 Å². The minimum atomic E-state index is -0.107. The van der Waals surface area contributed by atoms with Gasteiger partial charge in [-0.05, 0) is 37.1 Å². The van der Waals surface area contributed by atoms with Crippen LogP contribution in [-0.2, 0) is 0 Å². The molecule has 0 aromatic heterocycles. The quantitative estimate of drug-likeness (QED) is 0.641. The molecule has 0 spiro atoms. The van der Waals surface area contributed by atoms with Crippen LogP contribution in [0.4, 0.5) is 0 Å². The van der Waals surface area contributed by atoms with Gasteiger partial charge in [-0.15, -0.1) is 12.4 Å². The smallest absolute Gasteiger partial charge is 0.251 e. The largest absolute Gasteiger partial charge is 0.493 e. The summed E-state index contributed by atoms with van der Waals surface area (Å²) in [5.41, 5.74) is 0.574. The fourth-order valence-electron chi connectivity index (χ4n) is 1.88. The van der Waals surface area contributed by atoms with Gasteiger partial charge in [0.25, 0.3) is 5.91 Å². The van der Waals surface area contributed by atoms with Crippen LogP contribution < -0.4 is 20.1 Å². The fourth-order valence-corrected chi connectivity index (χ4v) is 1.88. The van der Waals surface area contributed by atoms with E-state index >= 15 is 0 Å². The van der Waals surface area contributed by atoms with Crippen molar-refractivity contribution >= 4 is 18.3 Å². The molecule has 1 aromatic rings. The highest BCUT2D eigenvalue weighted by Crippen LogP contribution is 2.28. The zero-order valence-electron chi connectivity index (χ0n) is 14.5. The number of nitrogens with one attached hydrogen (secondary N) is 2. The van der Waals surface area contributed by atoms with Crippen molar-refractivity contribution in [3.05, 3.63) is 23.8 Å². The Labute approximate surface area is 145 Å². The van der Waals surface area contributed by atoms with Crippen molar-refractivity contribution in [1.29, 1.82) is 0 Å². The summed E-state index contributed by atoms with van der Waals surface area (Å²) in [5, 5.41) is 6.02. The summed E-state index contributed by atoms with van der Waals surface area (Å²) in [6.45, 7) is 9.24. The van der Waals surface area contributed by atoms with Gasteiger partial charge in [0.1, 0.15) is 0 Å². The lowest BCUT2D eigenvalue weighted by molar-refractivity contribution is 0.0953. The fraction of sp³-hybridized carbons (Fsp3) is 0.588. The molecule has 0 aliphatic rings. The number of benzene rings is 1. The molecule has 1 aromatic carbocycles. The highest BCUT2D eigenvalue weighted by Gasteiger charge is 2.11. The molecule has 1 amide bonds.